The van der Waals surface area contributed by atoms with Gasteiger partial charge in [0.25, 0.3) is 0 Å². The van der Waals surface area contributed by atoms with E-state index in [9.17, 15) is 5.11 Å². The molecule has 0 unspecified atom stereocenters. The molecule has 2 aromatic rings. The normalized spacial score (nSPS) is 16.0. The first kappa shape index (κ1) is 15.8. The van der Waals surface area contributed by atoms with E-state index in [-0.39, 0.29) is 0 Å². The van der Waals surface area contributed by atoms with Crippen LogP contribution >= 0.6 is 31.9 Å². The van der Waals surface area contributed by atoms with Crippen LogP contribution in [0.1, 0.15) is 5.56 Å². The molecule has 1 saturated heterocycles. The quantitative estimate of drug-likeness (QED) is 0.796. The molecule has 0 radical (unpaired) electrons. The van der Waals surface area contributed by atoms with E-state index in [1.165, 1.54) is 5.69 Å². The number of hydrogen-bond acceptors (Lipinski definition) is 3. The number of phenols is 1. The molecule has 0 bridgehead atoms. The minimum absolute atomic E-state index is 0.341. The number of phenolic OH excluding ortho intramolecular Hbond substituents is 1. The van der Waals surface area contributed by atoms with Crippen LogP contribution in [-0.4, -0.2) is 36.2 Å². The summed E-state index contributed by atoms with van der Waals surface area (Å²) in [7, 11) is 0. The Kier molecular flexibility index (Phi) is 5.06. The molecule has 0 atom stereocenters. The fraction of sp³-hybridized carbons (Fsp3) is 0.294. The zero-order valence-electron chi connectivity index (χ0n) is 12.2. The Balaban J connectivity index is 1.63. The molecule has 1 aliphatic rings. The zero-order valence-corrected chi connectivity index (χ0v) is 15.3. The van der Waals surface area contributed by atoms with Gasteiger partial charge in [0.15, 0.2) is 0 Å². The van der Waals surface area contributed by atoms with Crippen LogP contribution in [0.5, 0.6) is 5.75 Å². The van der Waals surface area contributed by atoms with Crippen molar-refractivity contribution in [2.45, 2.75) is 6.54 Å². The van der Waals surface area contributed by atoms with Crippen molar-refractivity contribution in [3.8, 4) is 5.75 Å². The molecular formula is C17H18Br2N2O. The second-order valence-electron chi connectivity index (χ2n) is 5.49. The molecule has 116 valence electrons. The number of nitrogens with zero attached hydrogens (tertiary/aromatic N) is 2. The molecular weight excluding hydrogens is 408 g/mol. The van der Waals surface area contributed by atoms with Gasteiger partial charge in [-0.1, -0.05) is 34.1 Å². The average molecular weight is 426 g/mol. The van der Waals surface area contributed by atoms with Crippen LogP contribution in [0.4, 0.5) is 5.69 Å². The maximum atomic E-state index is 10.2. The molecule has 0 amide bonds. The summed E-state index contributed by atoms with van der Waals surface area (Å²) in [6.07, 6.45) is 0. The third-order valence-electron chi connectivity index (χ3n) is 3.99. The first-order chi connectivity index (χ1) is 10.6. The Morgan fingerprint density at radius 2 is 1.64 bits per heavy atom. The molecule has 1 aliphatic heterocycles. The molecule has 1 N–H and O–H groups in total. The molecule has 3 rings (SSSR count). The summed E-state index contributed by atoms with van der Waals surface area (Å²) in [6, 6.07) is 14.4. The number of hydrogen-bond donors (Lipinski definition) is 1. The fourth-order valence-corrected chi connectivity index (χ4v) is 4.10. The highest BCUT2D eigenvalue weighted by molar-refractivity contribution is 9.11. The maximum absolute atomic E-state index is 10.2. The van der Waals surface area contributed by atoms with E-state index >= 15 is 0 Å². The molecule has 0 aromatic heterocycles. The van der Waals surface area contributed by atoms with Crippen molar-refractivity contribution in [1.29, 1.82) is 0 Å². The monoisotopic (exact) mass is 424 g/mol. The molecule has 1 fully saturated rings. The average Bonchev–Trinajstić information content (AvgIpc) is 2.54. The third kappa shape index (κ3) is 3.65. The van der Waals surface area contributed by atoms with Crippen LogP contribution in [-0.2, 0) is 6.54 Å². The minimum Gasteiger partial charge on any atom is -0.506 e. The van der Waals surface area contributed by atoms with Gasteiger partial charge in [0.2, 0.25) is 0 Å². The summed E-state index contributed by atoms with van der Waals surface area (Å²) in [5.74, 6) is 0.341. The number of anilines is 1. The Morgan fingerprint density at radius 1 is 0.955 bits per heavy atom. The predicted octanol–water partition coefficient (Wildman–Crippen LogP) is 4.24. The molecule has 1 heterocycles. The van der Waals surface area contributed by atoms with E-state index in [1.807, 2.05) is 18.2 Å². The van der Waals surface area contributed by atoms with E-state index in [1.54, 1.807) is 0 Å². The number of piperazine rings is 1. The van der Waals surface area contributed by atoms with Crippen LogP contribution in [0.15, 0.2) is 51.4 Å². The van der Waals surface area contributed by atoms with Gasteiger partial charge in [-0.05, 0) is 40.2 Å². The summed E-state index contributed by atoms with van der Waals surface area (Å²) in [6.45, 7) is 4.79. The molecule has 0 aliphatic carbocycles. The molecule has 22 heavy (non-hydrogen) atoms. The van der Waals surface area contributed by atoms with Crippen LogP contribution < -0.4 is 4.90 Å². The van der Waals surface area contributed by atoms with Gasteiger partial charge in [-0.25, -0.2) is 0 Å². The van der Waals surface area contributed by atoms with Crippen LogP contribution in [0.25, 0.3) is 0 Å². The van der Waals surface area contributed by atoms with Crippen LogP contribution in [0.3, 0.4) is 0 Å². The number of para-hydroxylation sites is 1. The summed E-state index contributed by atoms with van der Waals surface area (Å²) in [5, 5.41) is 10.2. The van der Waals surface area contributed by atoms with Gasteiger partial charge in [-0.15, -0.1) is 0 Å². The summed E-state index contributed by atoms with van der Waals surface area (Å²) < 4.78 is 1.72. The van der Waals surface area contributed by atoms with Crippen molar-refractivity contribution in [2.24, 2.45) is 0 Å². The van der Waals surface area contributed by atoms with Crippen molar-refractivity contribution >= 4 is 37.5 Å². The molecule has 3 nitrogen and oxygen atoms in total. The van der Waals surface area contributed by atoms with E-state index in [2.05, 4.69) is 65.9 Å². The number of rotatable bonds is 3. The van der Waals surface area contributed by atoms with E-state index in [0.29, 0.717) is 5.75 Å². The van der Waals surface area contributed by atoms with Crippen molar-refractivity contribution in [2.75, 3.05) is 31.1 Å². The smallest absolute Gasteiger partial charge is 0.134 e. The first-order valence-corrected chi connectivity index (χ1v) is 8.91. The van der Waals surface area contributed by atoms with Crippen molar-refractivity contribution in [1.82, 2.24) is 4.90 Å². The number of aromatic hydroxyl groups is 1. The van der Waals surface area contributed by atoms with Gasteiger partial charge >= 0.3 is 0 Å². The maximum Gasteiger partial charge on any atom is 0.134 e. The van der Waals surface area contributed by atoms with Crippen molar-refractivity contribution in [3.05, 3.63) is 57.0 Å². The second kappa shape index (κ2) is 7.02. The SMILES string of the molecule is Oc1c(Br)cc(Br)cc1CN1CCN(c2ccccc2)CC1. The Bertz CT molecular complexity index is 641. The largest absolute Gasteiger partial charge is 0.506 e. The lowest BCUT2D eigenvalue weighted by molar-refractivity contribution is 0.246. The summed E-state index contributed by atoms with van der Waals surface area (Å²) in [5.41, 5.74) is 2.24. The Morgan fingerprint density at radius 3 is 2.32 bits per heavy atom. The topological polar surface area (TPSA) is 26.7 Å². The van der Waals surface area contributed by atoms with E-state index in [4.69, 9.17) is 0 Å². The standard InChI is InChI=1S/C17H18Br2N2O/c18-14-10-13(17(22)16(19)11-14)12-20-6-8-21(9-7-20)15-4-2-1-3-5-15/h1-5,10-11,22H,6-9,12H2. The van der Waals surface area contributed by atoms with Gasteiger partial charge in [-0.2, -0.15) is 0 Å². The Hall–Kier alpha value is -1.04. The fourth-order valence-electron chi connectivity index (χ4n) is 2.78. The highest BCUT2D eigenvalue weighted by Crippen LogP contribution is 2.32. The minimum atomic E-state index is 0.341. The van der Waals surface area contributed by atoms with Crippen LogP contribution in [0, 0.1) is 0 Å². The first-order valence-electron chi connectivity index (χ1n) is 7.33. The van der Waals surface area contributed by atoms with Crippen molar-refractivity contribution < 1.29 is 5.11 Å². The lowest BCUT2D eigenvalue weighted by Gasteiger charge is -2.36. The summed E-state index contributed by atoms with van der Waals surface area (Å²) in [4.78, 5) is 4.79. The second-order valence-corrected chi connectivity index (χ2v) is 7.26. The lowest BCUT2D eigenvalue weighted by Crippen LogP contribution is -2.45. The molecule has 0 spiro atoms. The van der Waals surface area contributed by atoms with E-state index < -0.39 is 0 Å². The highest BCUT2D eigenvalue weighted by atomic mass is 79.9. The van der Waals surface area contributed by atoms with Gasteiger partial charge in [0.05, 0.1) is 4.47 Å². The number of benzene rings is 2. The summed E-state index contributed by atoms with van der Waals surface area (Å²) >= 11 is 6.88. The molecule has 5 heteroatoms. The zero-order chi connectivity index (χ0) is 15.5. The molecule has 0 saturated carbocycles. The van der Waals surface area contributed by atoms with Crippen LogP contribution in [0.2, 0.25) is 0 Å². The third-order valence-corrected chi connectivity index (χ3v) is 5.06. The van der Waals surface area contributed by atoms with Gasteiger partial charge < -0.3 is 10.0 Å². The highest BCUT2D eigenvalue weighted by Gasteiger charge is 2.19. The Labute approximate surface area is 147 Å². The van der Waals surface area contributed by atoms with Crippen molar-refractivity contribution in [3.63, 3.8) is 0 Å². The van der Waals surface area contributed by atoms with Gasteiger partial charge in [0.1, 0.15) is 5.75 Å². The predicted molar refractivity (Wildman–Crippen MR) is 97.4 cm³/mol. The van der Waals surface area contributed by atoms with Gasteiger partial charge in [0, 0.05) is 48.4 Å². The van der Waals surface area contributed by atoms with E-state index in [0.717, 1.165) is 47.2 Å². The lowest BCUT2D eigenvalue weighted by atomic mass is 10.1. The number of halogens is 2. The molecule has 2 aromatic carbocycles. The van der Waals surface area contributed by atoms with Gasteiger partial charge in [-0.3, -0.25) is 4.90 Å².